The van der Waals surface area contributed by atoms with Gasteiger partial charge in [0, 0.05) is 11.4 Å². The predicted octanol–water partition coefficient (Wildman–Crippen LogP) is 4.29. The third kappa shape index (κ3) is 6.65. The minimum absolute atomic E-state index is 0.00982. The smallest absolute Gasteiger partial charge is 0.276 e. The summed E-state index contributed by atoms with van der Waals surface area (Å²) in [5.74, 6) is -0.194. The van der Waals surface area contributed by atoms with Gasteiger partial charge in [-0.15, -0.1) is 0 Å². The van der Waals surface area contributed by atoms with E-state index in [9.17, 15) is 9.59 Å². The molecule has 3 aromatic rings. The Labute approximate surface area is 198 Å². The summed E-state index contributed by atoms with van der Waals surface area (Å²) >= 11 is 14.6. The molecule has 0 aromatic heterocycles. The minimum atomic E-state index is -0.451. The van der Waals surface area contributed by atoms with Crippen LogP contribution in [0.4, 0.5) is 0 Å². The molecular formula is C22H19BrClN3O3S. The van der Waals surface area contributed by atoms with Crippen LogP contribution in [0.3, 0.4) is 0 Å². The third-order valence-corrected chi connectivity index (χ3v) is 5.73. The van der Waals surface area contributed by atoms with Crippen LogP contribution in [-0.4, -0.2) is 23.5 Å². The van der Waals surface area contributed by atoms with Gasteiger partial charge in [0.05, 0.1) is 4.47 Å². The number of nitrogens with one attached hydrogen (secondary N) is 3. The van der Waals surface area contributed by atoms with E-state index in [2.05, 4.69) is 32.1 Å². The van der Waals surface area contributed by atoms with E-state index in [1.807, 2.05) is 48.5 Å². The highest BCUT2D eigenvalue weighted by Crippen LogP contribution is 2.32. The van der Waals surface area contributed by atoms with Crippen molar-refractivity contribution in [3.8, 4) is 5.75 Å². The second-order valence-corrected chi connectivity index (χ2v) is 8.14. The van der Waals surface area contributed by atoms with Crippen molar-refractivity contribution in [2.45, 2.75) is 12.8 Å². The topological polar surface area (TPSA) is 79.5 Å². The van der Waals surface area contributed by atoms with E-state index in [-0.39, 0.29) is 24.0 Å². The van der Waals surface area contributed by atoms with Crippen LogP contribution in [0.2, 0.25) is 5.02 Å². The van der Waals surface area contributed by atoms with Gasteiger partial charge in [0.15, 0.2) is 11.7 Å². The molecule has 0 saturated heterocycles. The van der Waals surface area contributed by atoms with Crippen LogP contribution in [0.25, 0.3) is 10.8 Å². The number of thiocarbonyl (C=S) groups is 1. The zero-order valence-electron chi connectivity index (χ0n) is 16.3. The molecule has 3 rings (SSSR count). The van der Waals surface area contributed by atoms with Crippen LogP contribution < -0.4 is 20.9 Å². The quantitative estimate of drug-likeness (QED) is 0.334. The fourth-order valence-electron chi connectivity index (χ4n) is 2.80. The highest BCUT2D eigenvalue weighted by atomic mass is 79.9. The van der Waals surface area contributed by atoms with Crippen molar-refractivity contribution in [1.29, 1.82) is 0 Å². The summed E-state index contributed by atoms with van der Waals surface area (Å²) in [6.07, 6.45) is 0.688. The summed E-state index contributed by atoms with van der Waals surface area (Å²) in [7, 11) is 0. The highest BCUT2D eigenvalue weighted by Gasteiger charge is 2.10. The van der Waals surface area contributed by atoms with Gasteiger partial charge in [0.2, 0.25) is 5.91 Å². The van der Waals surface area contributed by atoms with Gasteiger partial charge in [0.1, 0.15) is 5.75 Å². The number of hydrogen-bond acceptors (Lipinski definition) is 4. The van der Waals surface area contributed by atoms with E-state index in [0.717, 1.165) is 20.8 Å². The number of carbonyl (C=O) groups excluding carboxylic acids is 2. The number of hydrogen-bond donors (Lipinski definition) is 3. The number of aryl methyl sites for hydroxylation is 1. The summed E-state index contributed by atoms with van der Waals surface area (Å²) in [6.45, 7) is -0.229. The van der Waals surface area contributed by atoms with Crippen molar-refractivity contribution in [3.05, 3.63) is 75.7 Å². The van der Waals surface area contributed by atoms with Gasteiger partial charge in [-0.05, 0) is 63.0 Å². The number of fused-ring (bicyclic) bond motifs is 1. The number of carbonyl (C=O) groups is 2. The number of benzene rings is 3. The Morgan fingerprint density at radius 3 is 2.52 bits per heavy atom. The van der Waals surface area contributed by atoms with Gasteiger partial charge in [-0.1, -0.05) is 60.1 Å². The first-order chi connectivity index (χ1) is 14.9. The van der Waals surface area contributed by atoms with Crippen molar-refractivity contribution in [2.75, 3.05) is 6.61 Å². The molecule has 2 amide bonds. The van der Waals surface area contributed by atoms with E-state index >= 15 is 0 Å². The highest BCUT2D eigenvalue weighted by molar-refractivity contribution is 9.10. The van der Waals surface area contributed by atoms with Gasteiger partial charge in [-0.25, -0.2) is 0 Å². The average Bonchev–Trinajstić information content (AvgIpc) is 2.77. The Morgan fingerprint density at radius 1 is 0.968 bits per heavy atom. The summed E-state index contributed by atoms with van der Waals surface area (Å²) < 4.78 is 6.35. The maximum atomic E-state index is 12.0. The normalized spacial score (nSPS) is 10.4. The standard InChI is InChI=1S/C22H19BrClN3O3S/c23-21-16-7-3-1-5-14(16)9-11-18(21)30-13-20(29)26-27-22(31)25-19(28)12-10-15-6-2-4-8-17(15)24/h1-9,11H,10,12-13H2,(H,26,29)(H2,25,27,28,31). The van der Waals surface area contributed by atoms with E-state index in [4.69, 9.17) is 28.6 Å². The van der Waals surface area contributed by atoms with Crippen LogP contribution in [-0.2, 0) is 16.0 Å². The monoisotopic (exact) mass is 519 g/mol. The molecule has 6 nitrogen and oxygen atoms in total. The summed E-state index contributed by atoms with van der Waals surface area (Å²) in [5, 5.41) is 5.15. The molecule has 160 valence electrons. The maximum Gasteiger partial charge on any atom is 0.276 e. The first-order valence-corrected chi connectivity index (χ1v) is 10.9. The second kappa shape index (κ2) is 11.1. The van der Waals surface area contributed by atoms with Gasteiger partial charge in [0.25, 0.3) is 5.91 Å². The number of rotatable bonds is 6. The molecule has 31 heavy (non-hydrogen) atoms. The summed E-state index contributed by atoms with van der Waals surface area (Å²) in [5.41, 5.74) is 5.76. The lowest BCUT2D eigenvalue weighted by Gasteiger charge is -2.13. The average molecular weight is 521 g/mol. The van der Waals surface area contributed by atoms with Crippen LogP contribution in [0, 0.1) is 0 Å². The van der Waals surface area contributed by atoms with E-state index < -0.39 is 5.91 Å². The molecule has 3 N–H and O–H groups in total. The molecule has 0 saturated carbocycles. The first-order valence-electron chi connectivity index (χ1n) is 9.36. The van der Waals surface area contributed by atoms with Crippen molar-refractivity contribution >= 4 is 67.4 Å². The van der Waals surface area contributed by atoms with Gasteiger partial charge < -0.3 is 10.1 Å². The van der Waals surface area contributed by atoms with Crippen molar-refractivity contribution in [3.63, 3.8) is 0 Å². The third-order valence-electron chi connectivity index (χ3n) is 4.33. The molecule has 0 atom stereocenters. The Balaban J connectivity index is 1.40. The zero-order chi connectivity index (χ0) is 22.2. The number of halogens is 2. The fourth-order valence-corrected chi connectivity index (χ4v) is 3.80. The molecule has 0 heterocycles. The van der Waals surface area contributed by atoms with Crippen molar-refractivity contribution in [1.82, 2.24) is 16.2 Å². The molecule has 0 radical (unpaired) electrons. The van der Waals surface area contributed by atoms with Gasteiger partial charge in [-0.3, -0.25) is 20.4 Å². The zero-order valence-corrected chi connectivity index (χ0v) is 19.4. The Bertz CT molecular complexity index is 1130. The largest absolute Gasteiger partial charge is 0.483 e. The molecule has 0 aliphatic rings. The lowest BCUT2D eigenvalue weighted by molar-refractivity contribution is -0.124. The summed E-state index contributed by atoms with van der Waals surface area (Å²) in [4.78, 5) is 24.0. The van der Waals surface area contributed by atoms with Crippen molar-refractivity contribution in [2.24, 2.45) is 0 Å². The summed E-state index contributed by atoms with van der Waals surface area (Å²) in [6, 6.07) is 18.9. The van der Waals surface area contributed by atoms with Crippen LogP contribution in [0.5, 0.6) is 5.75 Å². The van der Waals surface area contributed by atoms with Gasteiger partial charge in [-0.2, -0.15) is 0 Å². The van der Waals surface area contributed by atoms with Gasteiger partial charge >= 0.3 is 0 Å². The molecule has 0 aliphatic carbocycles. The lowest BCUT2D eigenvalue weighted by atomic mass is 10.1. The molecule has 9 heteroatoms. The molecule has 0 fully saturated rings. The number of amides is 2. The Kier molecular flexibility index (Phi) is 8.22. The SMILES string of the molecule is O=C(COc1ccc2ccccc2c1Br)NNC(=S)NC(=O)CCc1ccccc1Cl. The molecule has 0 spiro atoms. The van der Waals surface area contributed by atoms with Crippen LogP contribution in [0.1, 0.15) is 12.0 Å². The Morgan fingerprint density at radius 2 is 1.71 bits per heavy atom. The molecule has 0 bridgehead atoms. The molecule has 0 aliphatic heterocycles. The second-order valence-electron chi connectivity index (χ2n) is 6.53. The van der Waals surface area contributed by atoms with E-state index in [1.165, 1.54) is 0 Å². The molecular weight excluding hydrogens is 502 g/mol. The lowest BCUT2D eigenvalue weighted by Crippen LogP contribution is -2.49. The van der Waals surface area contributed by atoms with Crippen LogP contribution in [0.15, 0.2) is 65.1 Å². The first kappa shape index (κ1) is 23.0. The minimum Gasteiger partial charge on any atom is -0.483 e. The van der Waals surface area contributed by atoms with E-state index in [1.54, 1.807) is 12.1 Å². The number of ether oxygens (including phenoxy) is 1. The Hall–Kier alpha value is -2.68. The fraction of sp³-hybridized carbons (Fsp3) is 0.136. The predicted molar refractivity (Wildman–Crippen MR) is 129 cm³/mol. The van der Waals surface area contributed by atoms with E-state index in [0.29, 0.717) is 17.2 Å². The number of hydrazine groups is 1. The molecule has 0 unspecified atom stereocenters. The maximum absolute atomic E-state index is 12.0. The molecule has 3 aromatic carbocycles. The van der Waals surface area contributed by atoms with Crippen molar-refractivity contribution < 1.29 is 14.3 Å². The van der Waals surface area contributed by atoms with Crippen LogP contribution >= 0.6 is 39.7 Å².